The van der Waals surface area contributed by atoms with Crippen LogP contribution in [-0.4, -0.2) is 17.1 Å². The Morgan fingerprint density at radius 2 is 2.21 bits per heavy atom. The highest BCUT2D eigenvalue weighted by molar-refractivity contribution is 7.09. The van der Waals surface area contributed by atoms with E-state index in [0.29, 0.717) is 6.61 Å². The molecule has 2 rings (SSSR count). The Bertz CT molecular complexity index is 380. The van der Waals surface area contributed by atoms with E-state index in [-0.39, 0.29) is 5.54 Å². The summed E-state index contributed by atoms with van der Waals surface area (Å²) < 4.78 is 5.71. The molecule has 0 unspecified atom stereocenters. The Kier molecular flexibility index (Phi) is 5.37. The van der Waals surface area contributed by atoms with Gasteiger partial charge in [-0.2, -0.15) is 0 Å². The quantitative estimate of drug-likeness (QED) is 0.774. The molecule has 1 aromatic rings. The number of aromatic nitrogens is 1. The second-order valence-corrected chi connectivity index (χ2v) is 7.42. The normalized spacial score (nSPS) is 16.6. The molecule has 1 saturated carbocycles. The third-order valence-electron chi connectivity index (χ3n) is 3.51. The second kappa shape index (κ2) is 6.82. The van der Waals surface area contributed by atoms with Gasteiger partial charge in [0.05, 0.1) is 12.3 Å². The maximum absolute atomic E-state index is 5.71. The van der Waals surface area contributed by atoms with Crippen molar-refractivity contribution in [2.75, 3.05) is 6.61 Å². The average molecular weight is 282 g/mol. The van der Waals surface area contributed by atoms with Crippen molar-refractivity contribution in [1.29, 1.82) is 0 Å². The first-order valence-electron chi connectivity index (χ1n) is 7.29. The van der Waals surface area contributed by atoms with Crippen LogP contribution in [0.4, 0.5) is 0 Å². The van der Waals surface area contributed by atoms with Gasteiger partial charge in [-0.3, -0.25) is 0 Å². The minimum Gasteiger partial charge on any atom is -0.375 e. The van der Waals surface area contributed by atoms with Crippen molar-refractivity contribution < 1.29 is 4.74 Å². The summed E-state index contributed by atoms with van der Waals surface area (Å²) in [4.78, 5) is 4.60. The van der Waals surface area contributed by atoms with Crippen LogP contribution >= 0.6 is 11.3 Å². The van der Waals surface area contributed by atoms with Crippen molar-refractivity contribution in [3.05, 3.63) is 16.1 Å². The lowest BCUT2D eigenvalue weighted by Crippen LogP contribution is -2.35. The summed E-state index contributed by atoms with van der Waals surface area (Å²) in [6, 6.07) is 0. The molecule has 1 heterocycles. The number of nitrogens with one attached hydrogen (secondary N) is 1. The lowest BCUT2D eigenvalue weighted by molar-refractivity contribution is 0.0931. The van der Waals surface area contributed by atoms with Gasteiger partial charge in [-0.25, -0.2) is 4.98 Å². The summed E-state index contributed by atoms with van der Waals surface area (Å²) in [5.74, 6) is 0.932. The van der Waals surface area contributed by atoms with Crippen LogP contribution in [0.25, 0.3) is 0 Å². The Balaban J connectivity index is 1.62. The molecule has 1 N–H and O–H groups in total. The van der Waals surface area contributed by atoms with Crippen molar-refractivity contribution in [2.45, 2.75) is 65.1 Å². The largest absolute Gasteiger partial charge is 0.375 e. The van der Waals surface area contributed by atoms with Gasteiger partial charge in [-0.05, 0) is 33.1 Å². The van der Waals surface area contributed by atoms with Crippen LogP contribution in [0.1, 0.15) is 57.2 Å². The fourth-order valence-corrected chi connectivity index (χ4v) is 2.76. The zero-order chi connectivity index (χ0) is 13.7. The first-order chi connectivity index (χ1) is 9.03. The van der Waals surface area contributed by atoms with E-state index in [9.17, 15) is 0 Å². The number of ether oxygens (including phenoxy) is 1. The van der Waals surface area contributed by atoms with Crippen LogP contribution in [-0.2, 0) is 17.9 Å². The highest BCUT2D eigenvalue weighted by Crippen LogP contribution is 2.29. The van der Waals surface area contributed by atoms with Crippen LogP contribution in [0.15, 0.2) is 5.38 Å². The van der Waals surface area contributed by atoms with E-state index in [1.54, 1.807) is 11.3 Å². The summed E-state index contributed by atoms with van der Waals surface area (Å²) in [5.41, 5.74) is 1.22. The van der Waals surface area contributed by atoms with Gasteiger partial charge in [0.15, 0.2) is 0 Å². The van der Waals surface area contributed by atoms with Crippen molar-refractivity contribution in [3.63, 3.8) is 0 Å². The van der Waals surface area contributed by atoms with Crippen molar-refractivity contribution in [2.24, 2.45) is 5.92 Å². The summed E-state index contributed by atoms with van der Waals surface area (Å²) in [6.45, 7) is 8.91. The van der Waals surface area contributed by atoms with E-state index in [1.807, 2.05) is 0 Å². The standard InChI is InChI=1S/C15H26N2OS/c1-15(2,3)16-9-14-17-13(11-19-14)10-18-8-7-12-5-4-6-12/h11-12,16H,4-10H2,1-3H3. The van der Waals surface area contributed by atoms with Crippen molar-refractivity contribution in [3.8, 4) is 0 Å². The van der Waals surface area contributed by atoms with Gasteiger partial charge in [0.2, 0.25) is 0 Å². The van der Waals surface area contributed by atoms with Crippen molar-refractivity contribution >= 4 is 11.3 Å². The molecular weight excluding hydrogens is 256 g/mol. The monoisotopic (exact) mass is 282 g/mol. The Morgan fingerprint density at radius 3 is 2.84 bits per heavy atom. The molecule has 0 radical (unpaired) electrons. The molecule has 4 heteroatoms. The highest BCUT2D eigenvalue weighted by Gasteiger charge is 2.16. The maximum Gasteiger partial charge on any atom is 0.107 e. The van der Waals surface area contributed by atoms with Gasteiger partial charge >= 0.3 is 0 Å². The van der Waals surface area contributed by atoms with Crippen LogP contribution < -0.4 is 5.32 Å². The smallest absolute Gasteiger partial charge is 0.107 e. The van der Waals surface area contributed by atoms with Gasteiger partial charge in [-0.15, -0.1) is 11.3 Å². The zero-order valence-electron chi connectivity index (χ0n) is 12.4. The van der Waals surface area contributed by atoms with Crippen LogP contribution in [0.3, 0.4) is 0 Å². The third-order valence-corrected chi connectivity index (χ3v) is 4.41. The predicted molar refractivity (Wildman–Crippen MR) is 80.3 cm³/mol. The molecule has 0 aromatic carbocycles. The summed E-state index contributed by atoms with van der Waals surface area (Å²) in [7, 11) is 0. The second-order valence-electron chi connectivity index (χ2n) is 6.47. The molecule has 3 nitrogen and oxygen atoms in total. The zero-order valence-corrected chi connectivity index (χ0v) is 13.2. The third kappa shape index (κ3) is 5.59. The number of nitrogens with zero attached hydrogens (tertiary/aromatic N) is 1. The minimum atomic E-state index is 0.144. The average Bonchev–Trinajstić information content (AvgIpc) is 2.71. The molecular formula is C15H26N2OS. The van der Waals surface area contributed by atoms with Crippen LogP contribution in [0, 0.1) is 5.92 Å². The van der Waals surface area contributed by atoms with E-state index >= 15 is 0 Å². The summed E-state index contributed by atoms with van der Waals surface area (Å²) in [5, 5.41) is 6.72. The predicted octanol–water partition coefficient (Wildman–Crippen LogP) is 3.74. The van der Waals surface area contributed by atoms with E-state index in [2.05, 4.69) is 36.5 Å². The van der Waals surface area contributed by atoms with Crippen LogP contribution in [0.5, 0.6) is 0 Å². The molecule has 19 heavy (non-hydrogen) atoms. The lowest BCUT2D eigenvalue weighted by atomic mass is 9.83. The van der Waals surface area contributed by atoms with E-state index in [0.717, 1.165) is 29.8 Å². The molecule has 108 valence electrons. The van der Waals surface area contributed by atoms with E-state index in [4.69, 9.17) is 4.74 Å². The molecule has 0 spiro atoms. The first-order valence-corrected chi connectivity index (χ1v) is 8.17. The minimum absolute atomic E-state index is 0.144. The van der Waals surface area contributed by atoms with Gasteiger partial charge in [-0.1, -0.05) is 19.3 Å². The van der Waals surface area contributed by atoms with E-state index < -0.39 is 0 Å². The van der Waals surface area contributed by atoms with Gasteiger partial charge in [0.25, 0.3) is 0 Å². The number of rotatable bonds is 7. The van der Waals surface area contributed by atoms with Gasteiger partial charge in [0.1, 0.15) is 5.01 Å². The van der Waals surface area contributed by atoms with Gasteiger partial charge < -0.3 is 10.1 Å². The lowest BCUT2D eigenvalue weighted by Gasteiger charge is -2.24. The highest BCUT2D eigenvalue weighted by atomic mass is 32.1. The molecule has 1 aliphatic carbocycles. The van der Waals surface area contributed by atoms with E-state index in [1.165, 1.54) is 25.7 Å². The number of hydrogen-bond acceptors (Lipinski definition) is 4. The summed E-state index contributed by atoms with van der Waals surface area (Å²) in [6.07, 6.45) is 5.45. The first kappa shape index (κ1) is 14.9. The van der Waals surface area contributed by atoms with Gasteiger partial charge in [0, 0.05) is 24.1 Å². The Morgan fingerprint density at radius 1 is 1.42 bits per heavy atom. The fraction of sp³-hybridized carbons (Fsp3) is 0.800. The molecule has 0 amide bonds. The SMILES string of the molecule is CC(C)(C)NCc1nc(COCCC2CCC2)cs1. The molecule has 0 bridgehead atoms. The Labute approximate surface area is 120 Å². The molecule has 0 atom stereocenters. The maximum atomic E-state index is 5.71. The summed E-state index contributed by atoms with van der Waals surface area (Å²) >= 11 is 1.72. The van der Waals surface area contributed by atoms with Crippen molar-refractivity contribution in [1.82, 2.24) is 10.3 Å². The van der Waals surface area contributed by atoms with Crippen LogP contribution in [0.2, 0.25) is 0 Å². The molecule has 0 aliphatic heterocycles. The fourth-order valence-electron chi connectivity index (χ4n) is 2.05. The molecule has 1 aromatic heterocycles. The Hall–Kier alpha value is -0.450. The number of hydrogen-bond donors (Lipinski definition) is 1. The topological polar surface area (TPSA) is 34.2 Å². The number of thiazole rings is 1. The molecule has 1 fully saturated rings. The molecule has 0 saturated heterocycles. The molecule has 1 aliphatic rings.